The molecule has 1 N–H and O–H groups in total. The summed E-state index contributed by atoms with van der Waals surface area (Å²) in [6, 6.07) is 16.1. The van der Waals surface area contributed by atoms with Crippen molar-refractivity contribution in [2.45, 2.75) is 52.5 Å². The third kappa shape index (κ3) is 7.87. The Morgan fingerprint density at radius 3 is 2.12 bits per heavy atom. The van der Waals surface area contributed by atoms with Crippen molar-refractivity contribution in [2.24, 2.45) is 0 Å². The highest BCUT2D eigenvalue weighted by Crippen LogP contribution is 2.22. The first kappa shape index (κ1) is 27.4. The number of hydrogen-bond donors (Lipinski definition) is 1. The van der Waals surface area contributed by atoms with Gasteiger partial charge in [-0.15, -0.1) is 0 Å². The molecule has 2 rings (SSSR count). The number of anilines is 1. The van der Waals surface area contributed by atoms with E-state index in [1.54, 1.807) is 19.1 Å². The van der Waals surface area contributed by atoms with E-state index in [0.29, 0.717) is 31.1 Å². The summed E-state index contributed by atoms with van der Waals surface area (Å²) in [7, 11) is -3.72. The molecule has 0 aliphatic heterocycles. The van der Waals surface area contributed by atoms with Gasteiger partial charge in [0.2, 0.25) is 21.8 Å². The number of carbonyl (C=O) groups excluding carboxylic acids is 2. The first-order valence-corrected chi connectivity index (χ1v) is 13.6. The molecule has 1 atom stereocenters. The van der Waals surface area contributed by atoms with Gasteiger partial charge in [-0.3, -0.25) is 13.9 Å². The van der Waals surface area contributed by atoms with Crippen LogP contribution in [0.25, 0.3) is 0 Å². The summed E-state index contributed by atoms with van der Waals surface area (Å²) in [5, 5.41) is 2.83. The van der Waals surface area contributed by atoms with Crippen LogP contribution in [0.4, 0.5) is 5.69 Å². The molecule has 7 nitrogen and oxygen atoms in total. The lowest BCUT2D eigenvalue weighted by atomic mass is 10.0. The third-order valence-corrected chi connectivity index (χ3v) is 6.87. The van der Waals surface area contributed by atoms with E-state index in [1.807, 2.05) is 49.4 Å². The second-order valence-corrected chi connectivity index (χ2v) is 10.7. The lowest BCUT2D eigenvalue weighted by Crippen LogP contribution is -2.52. The Morgan fingerprint density at radius 1 is 0.971 bits per heavy atom. The van der Waals surface area contributed by atoms with Crippen molar-refractivity contribution in [3.05, 3.63) is 65.7 Å². The van der Waals surface area contributed by atoms with E-state index in [1.165, 1.54) is 4.90 Å². The smallest absolute Gasteiger partial charge is 0.244 e. The monoisotopic (exact) mass is 487 g/mol. The van der Waals surface area contributed by atoms with Crippen LogP contribution >= 0.6 is 0 Å². The van der Waals surface area contributed by atoms with Crippen LogP contribution in [0.15, 0.2) is 54.6 Å². The van der Waals surface area contributed by atoms with Gasteiger partial charge in [-0.1, -0.05) is 63.2 Å². The fourth-order valence-corrected chi connectivity index (χ4v) is 4.45. The normalized spacial score (nSPS) is 12.3. The van der Waals surface area contributed by atoms with Gasteiger partial charge in [0.15, 0.2) is 0 Å². The maximum Gasteiger partial charge on any atom is 0.244 e. The molecule has 0 bridgehead atoms. The molecule has 186 valence electrons. The van der Waals surface area contributed by atoms with Gasteiger partial charge in [0.05, 0.1) is 11.9 Å². The van der Waals surface area contributed by atoms with E-state index < -0.39 is 22.0 Å². The Kier molecular flexibility index (Phi) is 10.1. The Morgan fingerprint density at radius 2 is 1.59 bits per heavy atom. The first-order valence-electron chi connectivity index (χ1n) is 11.7. The molecule has 0 saturated carbocycles. The van der Waals surface area contributed by atoms with Crippen LogP contribution < -0.4 is 9.62 Å². The summed E-state index contributed by atoms with van der Waals surface area (Å²) in [5.41, 5.74) is 2.53. The van der Waals surface area contributed by atoms with Gasteiger partial charge in [0.1, 0.15) is 12.6 Å². The maximum absolute atomic E-state index is 13.4. The third-order valence-electron chi connectivity index (χ3n) is 5.73. The largest absolute Gasteiger partial charge is 0.354 e. The lowest BCUT2D eigenvalue weighted by Gasteiger charge is -2.31. The summed E-state index contributed by atoms with van der Waals surface area (Å²) in [4.78, 5) is 27.6. The highest BCUT2D eigenvalue weighted by atomic mass is 32.2. The van der Waals surface area contributed by atoms with Crippen LogP contribution in [0.2, 0.25) is 0 Å². The van der Waals surface area contributed by atoms with Crippen molar-refractivity contribution >= 4 is 27.5 Å². The van der Waals surface area contributed by atoms with Crippen LogP contribution in [0, 0.1) is 0 Å². The predicted molar refractivity (Wildman–Crippen MR) is 137 cm³/mol. The molecule has 0 spiro atoms. The average molecular weight is 488 g/mol. The SMILES string of the molecule is CCCNC(=O)C(C)N(CCc1ccccc1)C(=O)CN(c1ccc(C(C)C)cc1)S(C)(=O)=O. The van der Waals surface area contributed by atoms with Crippen molar-refractivity contribution in [1.29, 1.82) is 0 Å². The zero-order chi connectivity index (χ0) is 25.3. The summed E-state index contributed by atoms with van der Waals surface area (Å²) < 4.78 is 26.3. The zero-order valence-electron chi connectivity index (χ0n) is 20.8. The van der Waals surface area contributed by atoms with E-state index in [4.69, 9.17) is 0 Å². The molecule has 8 heteroatoms. The number of nitrogens with zero attached hydrogens (tertiary/aromatic N) is 2. The van der Waals surface area contributed by atoms with Gasteiger partial charge >= 0.3 is 0 Å². The van der Waals surface area contributed by atoms with E-state index in [-0.39, 0.29) is 12.5 Å². The second kappa shape index (κ2) is 12.6. The summed E-state index contributed by atoms with van der Waals surface area (Å²) in [6.07, 6.45) is 2.42. The Bertz CT molecular complexity index is 1040. The molecular weight excluding hydrogens is 450 g/mol. The van der Waals surface area contributed by atoms with Crippen molar-refractivity contribution in [3.63, 3.8) is 0 Å². The molecule has 34 heavy (non-hydrogen) atoms. The zero-order valence-corrected chi connectivity index (χ0v) is 21.6. The molecule has 0 aliphatic rings. The average Bonchev–Trinajstić information content (AvgIpc) is 2.81. The molecular formula is C26H37N3O4S. The van der Waals surface area contributed by atoms with Crippen molar-refractivity contribution in [2.75, 3.05) is 30.2 Å². The van der Waals surface area contributed by atoms with Crippen LogP contribution in [0.3, 0.4) is 0 Å². The summed E-state index contributed by atoms with van der Waals surface area (Å²) in [5.74, 6) is -0.373. The van der Waals surface area contributed by atoms with Crippen LogP contribution in [-0.4, -0.2) is 57.1 Å². The highest BCUT2D eigenvalue weighted by molar-refractivity contribution is 7.92. The fraction of sp³-hybridized carbons (Fsp3) is 0.462. The Balaban J connectivity index is 2.29. The number of rotatable bonds is 12. The minimum absolute atomic E-state index is 0.254. The molecule has 1 unspecified atom stereocenters. The Hall–Kier alpha value is -2.87. The summed E-state index contributed by atoms with van der Waals surface area (Å²) >= 11 is 0. The van der Waals surface area contributed by atoms with Crippen LogP contribution in [-0.2, 0) is 26.0 Å². The minimum Gasteiger partial charge on any atom is -0.354 e. The van der Waals surface area contributed by atoms with Gasteiger partial charge in [0, 0.05) is 13.1 Å². The number of carbonyl (C=O) groups is 2. The molecule has 2 amide bonds. The van der Waals surface area contributed by atoms with Gasteiger partial charge < -0.3 is 10.2 Å². The van der Waals surface area contributed by atoms with Crippen LogP contribution in [0.5, 0.6) is 0 Å². The molecule has 0 fully saturated rings. The predicted octanol–water partition coefficient (Wildman–Crippen LogP) is 3.56. The second-order valence-electron chi connectivity index (χ2n) is 8.81. The van der Waals surface area contributed by atoms with Gasteiger partial charge in [-0.25, -0.2) is 8.42 Å². The van der Waals surface area contributed by atoms with Gasteiger partial charge in [-0.05, 0) is 48.9 Å². The van der Waals surface area contributed by atoms with E-state index in [9.17, 15) is 18.0 Å². The van der Waals surface area contributed by atoms with Crippen molar-refractivity contribution in [3.8, 4) is 0 Å². The van der Waals surface area contributed by atoms with Crippen molar-refractivity contribution < 1.29 is 18.0 Å². The standard InChI is InChI=1S/C26H37N3O4S/c1-6-17-27-26(31)21(4)28(18-16-22-10-8-7-9-11-22)25(30)19-29(34(5,32)33)24-14-12-23(13-15-24)20(2)3/h7-15,20-21H,6,16-19H2,1-5H3,(H,27,31). The molecule has 0 heterocycles. The molecule has 2 aromatic rings. The van der Waals surface area contributed by atoms with Crippen LogP contribution in [0.1, 0.15) is 51.2 Å². The Labute approximate surface area is 204 Å². The van der Waals surface area contributed by atoms with E-state index in [0.717, 1.165) is 28.1 Å². The topological polar surface area (TPSA) is 86.8 Å². The fourth-order valence-electron chi connectivity index (χ4n) is 3.61. The number of sulfonamides is 1. The number of amides is 2. The lowest BCUT2D eigenvalue weighted by molar-refractivity contribution is -0.138. The molecule has 0 radical (unpaired) electrons. The number of hydrogen-bond acceptors (Lipinski definition) is 4. The van der Waals surface area contributed by atoms with E-state index >= 15 is 0 Å². The molecule has 2 aromatic carbocycles. The molecule has 0 aromatic heterocycles. The number of benzene rings is 2. The minimum atomic E-state index is -3.72. The molecule has 0 aliphatic carbocycles. The van der Waals surface area contributed by atoms with Gasteiger partial charge in [0.25, 0.3) is 0 Å². The molecule has 0 saturated heterocycles. The highest BCUT2D eigenvalue weighted by Gasteiger charge is 2.29. The van der Waals surface area contributed by atoms with E-state index in [2.05, 4.69) is 19.2 Å². The maximum atomic E-state index is 13.4. The quantitative estimate of drug-likeness (QED) is 0.496. The number of nitrogens with one attached hydrogen (secondary N) is 1. The van der Waals surface area contributed by atoms with Crippen molar-refractivity contribution in [1.82, 2.24) is 10.2 Å². The first-order chi connectivity index (χ1) is 16.0. The summed E-state index contributed by atoms with van der Waals surface area (Å²) in [6.45, 7) is 8.19. The van der Waals surface area contributed by atoms with Gasteiger partial charge in [-0.2, -0.15) is 0 Å².